The maximum absolute atomic E-state index is 13.4. The second-order valence-electron chi connectivity index (χ2n) is 5.64. The van der Waals surface area contributed by atoms with Gasteiger partial charge in [0.05, 0.1) is 5.56 Å². The lowest BCUT2D eigenvalue weighted by molar-refractivity contribution is -0.140. The van der Waals surface area contributed by atoms with Gasteiger partial charge in [0.15, 0.2) is 0 Å². The Balaban J connectivity index is 3.18. The summed E-state index contributed by atoms with van der Waals surface area (Å²) < 4.78 is 51.8. The Morgan fingerprint density at radius 3 is 2.19 bits per heavy atom. The quantitative estimate of drug-likeness (QED) is 0.838. The van der Waals surface area contributed by atoms with Crippen LogP contribution in [0, 0.1) is 11.7 Å². The minimum atomic E-state index is -4.71. The molecule has 0 aromatic heterocycles. The van der Waals surface area contributed by atoms with Crippen molar-refractivity contribution in [3.8, 4) is 0 Å². The number of nitrogens with zero attached hydrogens (tertiary/aromatic N) is 1. The smallest absolute Gasteiger partial charge is 0.329 e. The van der Waals surface area contributed by atoms with Crippen LogP contribution in [0.4, 0.5) is 17.6 Å². The molecule has 6 heteroatoms. The van der Waals surface area contributed by atoms with E-state index in [1.165, 1.54) is 6.07 Å². The summed E-state index contributed by atoms with van der Waals surface area (Å²) in [6, 6.07) is 2.83. The summed E-state index contributed by atoms with van der Waals surface area (Å²) in [6.45, 7) is 6.21. The Morgan fingerprint density at radius 1 is 1.19 bits per heavy atom. The molecule has 0 saturated heterocycles. The van der Waals surface area contributed by atoms with Crippen LogP contribution >= 0.6 is 0 Å². The molecular formula is C15H22F4N2. The Kier molecular flexibility index (Phi) is 5.75. The average molecular weight is 306 g/mol. The summed E-state index contributed by atoms with van der Waals surface area (Å²) in [5, 5.41) is 0. The van der Waals surface area contributed by atoms with Gasteiger partial charge in [0.2, 0.25) is 0 Å². The van der Waals surface area contributed by atoms with Gasteiger partial charge in [-0.05, 0) is 37.6 Å². The van der Waals surface area contributed by atoms with Gasteiger partial charge in [-0.1, -0.05) is 19.9 Å². The molecule has 0 heterocycles. The van der Waals surface area contributed by atoms with Gasteiger partial charge < -0.3 is 5.73 Å². The van der Waals surface area contributed by atoms with Crippen LogP contribution in [0.25, 0.3) is 0 Å². The number of benzene rings is 1. The van der Waals surface area contributed by atoms with Crippen molar-refractivity contribution in [3.05, 3.63) is 35.1 Å². The molecule has 0 bridgehead atoms. The van der Waals surface area contributed by atoms with Crippen LogP contribution in [0.5, 0.6) is 0 Å². The van der Waals surface area contributed by atoms with Crippen molar-refractivity contribution in [1.29, 1.82) is 0 Å². The highest BCUT2D eigenvalue weighted by Gasteiger charge is 2.35. The number of rotatable bonds is 5. The molecule has 0 radical (unpaired) electrons. The predicted octanol–water partition coefficient (Wildman–Crippen LogP) is 3.82. The van der Waals surface area contributed by atoms with E-state index >= 15 is 0 Å². The van der Waals surface area contributed by atoms with Crippen molar-refractivity contribution in [2.24, 2.45) is 11.7 Å². The number of halogens is 4. The molecule has 2 atom stereocenters. The fourth-order valence-corrected chi connectivity index (χ4v) is 2.26. The maximum Gasteiger partial charge on any atom is 0.419 e. The minimum Gasteiger partial charge on any atom is -0.329 e. The summed E-state index contributed by atoms with van der Waals surface area (Å²) in [5.41, 5.74) is 4.85. The van der Waals surface area contributed by atoms with Crippen molar-refractivity contribution in [2.45, 2.75) is 39.0 Å². The molecule has 0 aliphatic carbocycles. The van der Waals surface area contributed by atoms with Crippen molar-refractivity contribution in [1.82, 2.24) is 4.90 Å². The van der Waals surface area contributed by atoms with Gasteiger partial charge in [-0.2, -0.15) is 13.2 Å². The Morgan fingerprint density at radius 2 is 1.76 bits per heavy atom. The molecule has 120 valence electrons. The van der Waals surface area contributed by atoms with Gasteiger partial charge in [-0.3, -0.25) is 4.90 Å². The first-order valence-electron chi connectivity index (χ1n) is 6.88. The van der Waals surface area contributed by atoms with E-state index in [1.807, 2.05) is 32.7 Å². The number of hydrogen-bond acceptors (Lipinski definition) is 2. The molecule has 21 heavy (non-hydrogen) atoms. The Labute approximate surface area is 122 Å². The lowest BCUT2D eigenvalue weighted by Crippen LogP contribution is -2.39. The van der Waals surface area contributed by atoms with E-state index < -0.39 is 17.6 Å². The molecule has 1 aromatic carbocycles. The number of nitrogens with two attached hydrogens (primary N) is 1. The third kappa shape index (κ3) is 4.17. The highest BCUT2D eigenvalue weighted by atomic mass is 19.4. The zero-order valence-corrected chi connectivity index (χ0v) is 12.7. The van der Waals surface area contributed by atoms with Crippen molar-refractivity contribution >= 4 is 0 Å². The normalized spacial score (nSPS) is 15.6. The molecule has 0 amide bonds. The van der Waals surface area contributed by atoms with Crippen LogP contribution in [0.15, 0.2) is 18.2 Å². The fraction of sp³-hybridized carbons (Fsp3) is 0.600. The van der Waals surface area contributed by atoms with Gasteiger partial charge in [0.25, 0.3) is 0 Å². The van der Waals surface area contributed by atoms with Gasteiger partial charge in [0.1, 0.15) is 5.82 Å². The molecule has 0 aliphatic rings. The highest BCUT2D eigenvalue weighted by Crippen LogP contribution is 2.34. The first kappa shape index (κ1) is 17.9. The van der Waals surface area contributed by atoms with Crippen LogP contribution in [-0.2, 0) is 6.18 Å². The second kappa shape index (κ2) is 6.75. The van der Waals surface area contributed by atoms with E-state index in [-0.39, 0.29) is 18.6 Å². The topological polar surface area (TPSA) is 29.3 Å². The summed E-state index contributed by atoms with van der Waals surface area (Å²) >= 11 is 0. The number of alkyl halides is 3. The first-order chi connectivity index (χ1) is 9.59. The number of hydrogen-bond donors (Lipinski definition) is 1. The van der Waals surface area contributed by atoms with Crippen molar-refractivity contribution < 1.29 is 17.6 Å². The van der Waals surface area contributed by atoms with Crippen LogP contribution in [0.2, 0.25) is 0 Å². The second-order valence-corrected chi connectivity index (χ2v) is 5.64. The summed E-state index contributed by atoms with van der Waals surface area (Å²) in [6.07, 6.45) is -4.71. The molecule has 1 aromatic rings. The summed E-state index contributed by atoms with van der Waals surface area (Å²) in [7, 11) is 1.82. The third-order valence-electron chi connectivity index (χ3n) is 4.00. The minimum absolute atomic E-state index is 0.137. The maximum atomic E-state index is 13.4. The van der Waals surface area contributed by atoms with E-state index in [2.05, 4.69) is 0 Å². The van der Waals surface area contributed by atoms with Crippen LogP contribution < -0.4 is 5.73 Å². The summed E-state index contributed by atoms with van der Waals surface area (Å²) in [5.74, 6) is -0.937. The number of likely N-dealkylation sites (N-methyl/N-ethyl adjacent to an activating group) is 1. The molecule has 0 saturated carbocycles. The van der Waals surface area contributed by atoms with Crippen LogP contribution in [-0.4, -0.2) is 24.5 Å². The van der Waals surface area contributed by atoms with Gasteiger partial charge in [-0.15, -0.1) is 0 Å². The molecule has 0 aliphatic heterocycles. The molecular weight excluding hydrogens is 284 g/mol. The average Bonchev–Trinajstić information content (AvgIpc) is 2.38. The molecule has 1 rings (SSSR count). The van der Waals surface area contributed by atoms with Crippen LogP contribution in [0.1, 0.15) is 37.9 Å². The van der Waals surface area contributed by atoms with Gasteiger partial charge in [0, 0.05) is 18.6 Å². The van der Waals surface area contributed by atoms with E-state index in [1.54, 1.807) is 0 Å². The lowest BCUT2D eigenvalue weighted by Gasteiger charge is -2.35. The van der Waals surface area contributed by atoms with Crippen molar-refractivity contribution in [2.75, 3.05) is 13.6 Å². The fourth-order valence-electron chi connectivity index (χ4n) is 2.26. The monoisotopic (exact) mass is 306 g/mol. The lowest BCUT2D eigenvalue weighted by atomic mass is 9.98. The molecule has 2 N–H and O–H groups in total. The standard InChI is InChI=1S/C15H22F4N2/c1-9(2)10(3)21(4)14(8-20)11-5-6-13(16)12(7-11)15(17,18)19/h5-7,9-10,14H,8,20H2,1-4H3. The molecule has 2 nitrogen and oxygen atoms in total. The van der Waals surface area contributed by atoms with E-state index in [9.17, 15) is 17.6 Å². The first-order valence-corrected chi connectivity index (χ1v) is 6.88. The SMILES string of the molecule is CC(C)C(C)N(C)C(CN)c1ccc(F)c(C(F)(F)F)c1. The highest BCUT2D eigenvalue weighted by molar-refractivity contribution is 5.30. The third-order valence-corrected chi connectivity index (χ3v) is 4.00. The van der Waals surface area contributed by atoms with E-state index in [0.717, 1.165) is 12.1 Å². The zero-order valence-electron chi connectivity index (χ0n) is 12.7. The van der Waals surface area contributed by atoms with Crippen LogP contribution in [0.3, 0.4) is 0 Å². The predicted molar refractivity (Wildman–Crippen MR) is 75.3 cm³/mol. The zero-order chi connectivity index (χ0) is 16.4. The van der Waals surface area contributed by atoms with Gasteiger partial charge in [-0.25, -0.2) is 4.39 Å². The Hall–Kier alpha value is -1.14. The molecule has 0 fully saturated rings. The summed E-state index contributed by atoms with van der Waals surface area (Å²) in [4.78, 5) is 1.93. The van der Waals surface area contributed by atoms with Gasteiger partial charge >= 0.3 is 6.18 Å². The van der Waals surface area contributed by atoms with E-state index in [0.29, 0.717) is 11.5 Å². The van der Waals surface area contributed by atoms with Crippen molar-refractivity contribution in [3.63, 3.8) is 0 Å². The Bertz CT molecular complexity index is 471. The largest absolute Gasteiger partial charge is 0.419 e. The van der Waals surface area contributed by atoms with E-state index in [4.69, 9.17) is 5.73 Å². The molecule has 2 unspecified atom stereocenters. The molecule has 0 spiro atoms.